The Morgan fingerprint density at radius 1 is 0.750 bits per heavy atom. The molecule has 0 aliphatic heterocycles. The molecular formula is C21H17O2S-. The average Bonchev–Trinajstić information content (AvgIpc) is 2.64. The van der Waals surface area contributed by atoms with E-state index in [0.717, 1.165) is 22.3 Å². The van der Waals surface area contributed by atoms with Crippen molar-refractivity contribution in [1.29, 1.82) is 0 Å². The summed E-state index contributed by atoms with van der Waals surface area (Å²) in [5, 5.41) is -0.657. The van der Waals surface area contributed by atoms with Crippen LogP contribution in [0.15, 0.2) is 91.0 Å². The van der Waals surface area contributed by atoms with Crippen LogP contribution in [-0.2, 0) is 11.1 Å². The summed E-state index contributed by atoms with van der Waals surface area (Å²) in [5.41, 5.74) is 3.93. The maximum atomic E-state index is 11.6. The first kappa shape index (κ1) is 16.4. The molecule has 2 unspecified atom stereocenters. The molecule has 24 heavy (non-hydrogen) atoms. The Morgan fingerprint density at radius 3 is 1.88 bits per heavy atom. The van der Waals surface area contributed by atoms with Crippen LogP contribution in [0.3, 0.4) is 0 Å². The smallest absolute Gasteiger partial charge is 0.0648 e. The minimum Gasteiger partial charge on any atom is -0.772 e. The average molecular weight is 333 g/mol. The number of rotatable bonds is 5. The summed E-state index contributed by atoms with van der Waals surface area (Å²) in [5.74, 6) is 0. The first-order valence-corrected chi connectivity index (χ1v) is 8.84. The highest BCUT2D eigenvalue weighted by Crippen LogP contribution is 2.25. The van der Waals surface area contributed by atoms with Crippen LogP contribution in [0, 0.1) is 0 Å². The highest BCUT2D eigenvalue weighted by Gasteiger charge is 2.09. The van der Waals surface area contributed by atoms with E-state index in [0.29, 0.717) is 0 Å². The van der Waals surface area contributed by atoms with Crippen LogP contribution in [0.2, 0.25) is 0 Å². The van der Waals surface area contributed by atoms with Gasteiger partial charge in [-0.3, -0.25) is 4.21 Å². The van der Waals surface area contributed by atoms with Gasteiger partial charge in [0.15, 0.2) is 0 Å². The normalized spacial score (nSPS) is 13.7. The van der Waals surface area contributed by atoms with E-state index in [1.807, 2.05) is 91.0 Å². The summed E-state index contributed by atoms with van der Waals surface area (Å²) in [6.07, 6.45) is 3.56. The zero-order chi connectivity index (χ0) is 16.8. The third kappa shape index (κ3) is 4.07. The second-order valence-electron chi connectivity index (χ2n) is 5.44. The fourth-order valence-electron chi connectivity index (χ4n) is 2.54. The molecular weight excluding hydrogens is 316 g/mol. The molecule has 0 spiro atoms. The molecule has 0 aliphatic rings. The molecule has 3 heteroatoms. The molecule has 3 rings (SSSR count). The molecule has 0 saturated heterocycles. The van der Waals surface area contributed by atoms with E-state index in [4.69, 9.17) is 0 Å². The minimum atomic E-state index is -2.22. The molecule has 0 aliphatic carbocycles. The third-order valence-corrected chi connectivity index (χ3v) is 4.66. The number of hydrogen-bond donors (Lipinski definition) is 0. The monoisotopic (exact) mass is 333 g/mol. The zero-order valence-corrected chi connectivity index (χ0v) is 13.9. The molecule has 0 radical (unpaired) electrons. The number of benzene rings is 3. The molecule has 3 aromatic carbocycles. The van der Waals surface area contributed by atoms with Gasteiger partial charge in [-0.1, -0.05) is 97.1 Å². The summed E-state index contributed by atoms with van der Waals surface area (Å²) >= 11 is -2.22. The van der Waals surface area contributed by atoms with Gasteiger partial charge in [0.1, 0.15) is 0 Å². The molecule has 2 nitrogen and oxygen atoms in total. The Bertz CT molecular complexity index is 825. The maximum absolute atomic E-state index is 11.6. The molecule has 0 N–H and O–H groups in total. The van der Waals surface area contributed by atoms with Gasteiger partial charge < -0.3 is 4.55 Å². The fourth-order valence-corrected chi connectivity index (χ4v) is 3.13. The molecule has 0 aromatic heterocycles. The van der Waals surface area contributed by atoms with Crippen LogP contribution in [0.4, 0.5) is 0 Å². The fraction of sp³-hybridized carbons (Fsp3) is 0.0476. The van der Waals surface area contributed by atoms with Crippen LogP contribution in [0.1, 0.15) is 16.4 Å². The molecule has 0 saturated carbocycles. The van der Waals surface area contributed by atoms with Crippen LogP contribution >= 0.6 is 0 Å². The minimum absolute atomic E-state index is 0.657. The quantitative estimate of drug-likeness (QED) is 0.617. The Balaban J connectivity index is 1.84. The van der Waals surface area contributed by atoms with Gasteiger partial charge in [-0.15, -0.1) is 0 Å². The SMILES string of the molecule is O=S([O-])C(C=Cc1ccccc1)c1ccc(-c2ccccc2)cc1. The van der Waals surface area contributed by atoms with Crippen molar-refractivity contribution in [3.63, 3.8) is 0 Å². The highest BCUT2D eigenvalue weighted by atomic mass is 32.2. The highest BCUT2D eigenvalue weighted by molar-refractivity contribution is 7.79. The lowest BCUT2D eigenvalue weighted by atomic mass is 10.0. The van der Waals surface area contributed by atoms with E-state index in [-0.39, 0.29) is 0 Å². The predicted octanol–water partition coefficient (Wildman–Crippen LogP) is 4.99. The lowest BCUT2D eigenvalue weighted by Gasteiger charge is -2.17. The van der Waals surface area contributed by atoms with Crippen LogP contribution in [0.25, 0.3) is 17.2 Å². The van der Waals surface area contributed by atoms with Gasteiger partial charge in [-0.2, -0.15) is 0 Å². The van der Waals surface area contributed by atoms with E-state index >= 15 is 0 Å². The van der Waals surface area contributed by atoms with Gasteiger partial charge in [0.2, 0.25) is 0 Å². The van der Waals surface area contributed by atoms with Crippen molar-refractivity contribution in [2.45, 2.75) is 5.25 Å². The molecule has 2 atom stereocenters. The Labute approximate surface area is 144 Å². The van der Waals surface area contributed by atoms with E-state index in [9.17, 15) is 8.76 Å². The first-order chi connectivity index (χ1) is 11.7. The van der Waals surface area contributed by atoms with Gasteiger partial charge >= 0.3 is 0 Å². The lowest BCUT2D eigenvalue weighted by Crippen LogP contribution is -2.02. The van der Waals surface area contributed by atoms with Gasteiger partial charge in [-0.25, -0.2) is 0 Å². The Hall–Kier alpha value is -2.49. The van der Waals surface area contributed by atoms with Crippen molar-refractivity contribution in [3.8, 4) is 11.1 Å². The van der Waals surface area contributed by atoms with Crippen molar-refractivity contribution in [2.75, 3.05) is 0 Å². The van der Waals surface area contributed by atoms with Gasteiger partial charge in [0, 0.05) is 0 Å². The summed E-state index contributed by atoms with van der Waals surface area (Å²) < 4.78 is 23.2. The zero-order valence-electron chi connectivity index (χ0n) is 13.0. The van der Waals surface area contributed by atoms with Crippen LogP contribution in [-0.4, -0.2) is 8.76 Å². The second-order valence-corrected chi connectivity index (χ2v) is 6.47. The first-order valence-electron chi connectivity index (χ1n) is 7.71. The van der Waals surface area contributed by atoms with E-state index in [1.165, 1.54) is 0 Å². The lowest BCUT2D eigenvalue weighted by molar-refractivity contribution is 0.531. The van der Waals surface area contributed by atoms with Gasteiger partial charge in [0.25, 0.3) is 0 Å². The summed E-state index contributed by atoms with van der Waals surface area (Å²) in [6.45, 7) is 0. The molecule has 0 bridgehead atoms. The Morgan fingerprint density at radius 2 is 1.29 bits per heavy atom. The second kappa shape index (κ2) is 7.86. The van der Waals surface area contributed by atoms with Crippen molar-refractivity contribution in [3.05, 3.63) is 102 Å². The van der Waals surface area contributed by atoms with Crippen molar-refractivity contribution < 1.29 is 8.76 Å². The topological polar surface area (TPSA) is 40.1 Å². The van der Waals surface area contributed by atoms with E-state index < -0.39 is 16.3 Å². The van der Waals surface area contributed by atoms with Gasteiger partial charge in [0.05, 0.1) is 5.25 Å². The molecule has 0 heterocycles. The molecule has 0 fully saturated rings. The summed E-state index contributed by atoms with van der Waals surface area (Å²) in [7, 11) is 0. The number of hydrogen-bond acceptors (Lipinski definition) is 2. The summed E-state index contributed by atoms with van der Waals surface area (Å²) in [6, 6.07) is 27.4. The summed E-state index contributed by atoms with van der Waals surface area (Å²) in [4.78, 5) is 0. The molecule has 120 valence electrons. The maximum Gasteiger partial charge on any atom is 0.0648 e. The third-order valence-electron chi connectivity index (χ3n) is 3.82. The molecule has 0 amide bonds. The van der Waals surface area contributed by atoms with Crippen molar-refractivity contribution >= 4 is 17.2 Å². The predicted molar refractivity (Wildman–Crippen MR) is 99.0 cm³/mol. The van der Waals surface area contributed by atoms with Crippen molar-refractivity contribution in [2.24, 2.45) is 0 Å². The van der Waals surface area contributed by atoms with Crippen molar-refractivity contribution in [1.82, 2.24) is 0 Å². The van der Waals surface area contributed by atoms with E-state index in [1.54, 1.807) is 6.08 Å². The van der Waals surface area contributed by atoms with Crippen LogP contribution in [0.5, 0.6) is 0 Å². The van der Waals surface area contributed by atoms with Crippen LogP contribution < -0.4 is 0 Å². The van der Waals surface area contributed by atoms with E-state index in [2.05, 4.69) is 0 Å². The molecule has 3 aromatic rings. The largest absolute Gasteiger partial charge is 0.772 e. The Kier molecular flexibility index (Phi) is 5.36. The van der Waals surface area contributed by atoms with Gasteiger partial charge in [-0.05, 0) is 33.3 Å². The standard InChI is InChI=1S/C21H18O2S/c22-24(23)21(16-11-17-7-3-1-4-8-17)20-14-12-19(13-15-20)18-9-5-2-6-10-18/h1-16,21H,(H,22,23)/p-1.